The van der Waals surface area contributed by atoms with E-state index >= 15 is 0 Å². The Balaban J connectivity index is 1.44. The average molecular weight is 498 g/mol. The summed E-state index contributed by atoms with van der Waals surface area (Å²) in [5, 5.41) is 6.17. The van der Waals surface area contributed by atoms with E-state index in [4.69, 9.17) is 0 Å². The van der Waals surface area contributed by atoms with Crippen LogP contribution in [0.15, 0.2) is 77.0 Å². The number of hydrogen-bond acceptors (Lipinski definition) is 5. The fourth-order valence-electron chi connectivity index (χ4n) is 4.79. The molecule has 0 bridgehead atoms. The van der Waals surface area contributed by atoms with Gasteiger partial charge in [-0.25, -0.2) is 0 Å². The maximum absolute atomic E-state index is 12.8. The normalized spacial score (nSPS) is 15.4. The highest BCUT2D eigenvalue weighted by Crippen LogP contribution is 2.41. The Bertz CT molecular complexity index is 1430. The molecule has 3 heterocycles. The second-order valence-corrected chi connectivity index (χ2v) is 13.9. The van der Waals surface area contributed by atoms with Gasteiger partial charge >= 0.3 is 0 Å². The molecule has 1 saturated heterocycles. The molecule has 0 amide bonds. The van der Waals surface area contributed by atoms with Crippen LogP contribution in [0.5, 0.6) is 0 Å². The number of para-hydroxylation sites is 2. The van der Waals surface area contributed by atoms with Crippen molar-refractivity contribution in [1.29, 1.82) is 0 Å². The van der Waals surface area contributed by atoms with Crippen LogP contribution in [0.1, 0.15) is 37.6 Å². The topological polar surface area (TPSA) is 37.4 Å². The predicted molar refractivity (Wildman–Crippen MR) is 146 cm³/mol. The van der Waals surface area contributed by atoms with E-state index in [1.54, 1.807) is 28.2 Å². The Hall–Kier alpha value is -3.06. The monoisotopic (exact) mass is 497 g/mol. The van der Waals surface area contributed by atoms with Crippen LogP contribution in [0.3, 0.4) is 0 Å². The summed E-state index contributed by atoms with van der Waals surface area (Å²) in [5.41, 5.74) is 5.00. The summed E-state index contributed by atoms with van der Waals surface area (Å²) < 4.78 is 0. The third-order valence-electron chi connectivity index (χ3n) is 6.84. The van der Waals surface area contributed by atoms with E-state index in [0.717, 1.165) is 9.88 Å². The zero-order valence-electron chi connectivity index (χ0n) is 18.8. The molecule has 0 N–H and O–H groups in total. The molecular formula is C28H23NO2S2Si. The molecule has 3 nitrogen and oxygen atoms in total. The molecule has 1 aliphatic heterocycles. The largest absolute Gasteiger partial charge is 0.302 e. The number of Topliss-reactive ketones (excluding diaryl/α,β-unsaturated/α-hetero) is 2. The molecule has 1 aliphatic carbocycles. The zero-order valence-corrected chi connectivity index (χ0v) is 21.6. The van der Waals surface area contributed by atoms with Gasteiger partial charge in [0, 0.05) is 38.1 Å². The SMILES string of the molecule is Cc1ccccc1N(c1ccc(C=C2C(=O)c3cscc3C2=O)s1)c1ccccc1[SiH]1CCC1. The van der Waals surface area contributed by atoms with Gasteiger partial charge in [0.1, 0.15) is 5.00 Å². The van der Waals surface area contributed by atoms with Gasteiger partial charge in [0.05, 0.1) is 14.4 Å². The van der Waals surface area contributed by atoms with Gasteiger partial charge in [0.25, 0.3) is 0 Å². The molecule has 0 saturated carbocycles. The van der Waals surface area contributed by atoms with E-state index in [1.165, 1.54) is 52.0 Å². The number of nitrogens with zero attached hydrogens (tertiary/aromatic N) is 1. The van der Waals surface area contributed by atoms with Crippen LogP contribution in [-0.4, -0.2) is 20.4 Å². The lowest BCUT2D eigenvalue weighted by atomic mass is 10.1. The Labute approximate surface area is 208 Å². The highest BCUT2D eigenvalue weighted by molar-refractivity contribution is 7.17. The number of benzene rings is 2. The number of thiophene rings is 2. The third-order valence-corrected chi connectivity index (χ3v) is 12.2. The highest BCUT2D eigenvalue weighted by atomic mass is 32.1. The van der Waals surface area contributed by atoms with Crippen LogP contribution in [0.4, 0.5) is 16.4 Å². The summed E-state index contributed by atoms with van der Waals surface area (Å²) in [7, 11) is -0.917. The zero-order chi connectivity index (χ0) is 23.2. The summed E-state index contributed by atoms with van der Waals surface area (Å²) in [6.07, 6.45) is 3.12. The van der Waals surface area contributed by atoms with Crippen LogP contribution in [0.25, 0.3) is 6.08 Å². The first-order valence-electron chi connectivity index (χ1n) is 11.5. The molecule has 2 aliphatic rings. The molecule has 1 fully saturated rings. The molecule has 34 heavy (non-hydrogen) atoms. The van der Waals surface area contributed by atoms with Crippen molar-refractivity contribution in [1.82, 2.24) is 0 Å². The van der Waals surface area contributed by atoms with Crippen molar-refractivity contribution >= 4 is 70.7 Å². The van der Waals surface area contributed by atoms with Crippen molar-refractivity contribution in [2.75, 3.05) is 4.90 Å². The van der Waals surface area contributed by atoms with Gasteiger partial charge in [0.2, 0.25) is 0 Å². The second kappa shape index (κ2) is 8.62. The Morgan fingerprint density at radius 2 is 1.53 bits per heavy atom. The predicted octanol–water partition coefficient (Wildman–Crippen LogP) is 6.89. The minimum atomic E-state index is -0.917. The van der Waals surface area contributed by atoms with E-state index in [1.807, 2.05) is 6.07 Å². The van der Waals surface area contributed by atoms with Crippen LogP contribution in [0, 0.1) is 6.92 Å². The summed E-state index contributed by atoms with van der Waals surface area (Å²) >= 11 is 3.02. The summed E-state index contributed by atoms with van der Waals surface area (Å²) in [6, 6.07) is 24.2. The fourth-order valence-corrected chi connectivity index (χ4v) is 9.04. The van der Waals surface area contributed by atoms with E-state index in [0.29, 0.717) is 11.1 Å². The lowest BCUT2D eigenvalue weighted by Crippen LogP contribution is -2.38. The van der Waals surface area contributed by atoms with Crippen molar-refractivity contribution in [2.45, 2.75) is 25.4 Å². The number of fused-ring (bicyclic) bond motifs is 1. The average Bonchev–Trinajstić information content (AvgIpc) is 3.52. The number of hydrogen-bond donors (Lipinski definition) is 0. The fraction of sp³-hybridized carbons (Fsp3) is 0.143. The quantitative estimate of drug-likeness (QED) is 0.171. The van der Waals surface area contributed by atoms with Gasteiger partial charge in [-0.1, -0.05) is 54.9 Å². The molecular weight excluding hydrogens is 475 g/mol. The number of ketones is 2. The molecule has 0 unspecified atom stereocenters. The van der Waals surface area contributed by atoms with E-state index < -0.39 is 8.80 Å². The number of carbonyl (C=O) groups excluding carboxylic acids is 2. The molecule has 0 spiro atoms. The number of allylic oxidation sites excluding steroid dienone is 1. The van der Waals surface area contributed by atoms with Gasteiger partial charge < -0.3 is 4.90 Å². The molecule has 0 atom stereocenters. The van der Waals surface area contributed by atoms with Gasteiger partial charge in [-0.2, -0.15) is 11.3 Å². The van der Waals surface area contributed by atoms with Crippen molar-refractivity contribution in [2.24, 2.45) is 0 Å². The van der Waals surface area contributed by atoms with Crippen molar-refractivity contribution in [3.8, 4) is 0 Å². The van der Waals surface area contributed by atoms with Crippen LogP contribution in [0.2, 0.25) is 12.1 Å². The standard InChI is InChI=1S/C28H23NO2S2Si/c1-18-7-2-3-8-23(18)29(24-9-4-5-10-25(24)34-13-6-14-34)26-12-11-19(33-26)15-20-27(30)21-16-32-17-22(21)28(20)31/h2-5,7-12,15-17,34H,6,13-14H2,1H3. The first-order chi connectivity index (χ1) is 16.6. The Morgan fingerprint density at radius 1 is 0.853 bits per heavy atom. The van der Waals surface area contributed by atoms with Crippen LogP contribution < -0.4 is 10.1 Å². The Kier molecular flexibility index (Phi) is 5.44. The van der Waals surface area contributed by atoms with Crippen molar-refractivity contribution < 1.29 is 9.59 Å². The number of anilines is 3. The maximum atomic E-state index is 12.8. The van der Waals surface area contributed by atoms with Gasteiger partial charge in [-0.3, -0.25) is 9.59 Å². The first-order valence-corrected chi connectivity index (χ1v) is 15.5. The molecule has 4 aromatic rings. The molecule has 6 rings (SSSR count). The van der Waals surface area contributed by atoms with Crippen LogP contribution in [-0.2, 0) is 0 Å². The Morgan fingerprint density at radius 3 is 2.21 bits per heavy atom. The van der Waals surface area contributed by atoms with Crippen molar-refractivity contribution in [3.05, 3.63) is 98.6 Å². The maximum Gasteiger partial charge on any atom is 0.198 e. The molecule has 168 valence electrons. The van der Waals surface area contributed by atoms with E-state index in [9.17, 15) is 9.59 Å². The highest BCUT2D eigenvalue weighted by Gasteiger charge is 2.34. The minimum Gasteiger partial charge on any atom is -0.302 e. The van der Waals surface area contributed by atoms with Gasteiger partial charge in [-0.15, -0.1) is 11.3 Å². The lowest BCUT2D eigenvalue weighted by Gasteiger charge is -2.32. The molecule has 2 aromatic carbocycles. The summed E-state index contributed by atoms with van der Waals surface area (Å²) in [6.45, 7) is 2.15. The lowest BCUT2D eigenvalue weighted by molar-refractivity contribution is 0.0990. The molecule has 6 heteroatoms. The third kappa shape index (κ3) is 3.53. The van der Waals surface area contributed by atoms with Crippen molar-refractivity contribution in [3.63, 3.8) is 0 Å². The smallest absolute Gasteiger partial charge is 0.198 e. The van der Waals surface area contributed by atoms with E-state index in [2.05, 4.69) is 66.4 Å². The number of rotatable bonds is 5. The van der Waals surface area contributed by atoms with Crippen LogP contribution >= 0.6 is 22.7 Å². The summed E-state index contributed by atoms with van der Waals surface area (Å²) in [5.74, 6) is -0.318. The van der Waals surface area contributed by atoms with Gasteiger partial charge in [0.15, 0.2) is 11.6 Å². The first kappa shape index (κ1) is 21.5. The van der Waals surface area contributed by atoms with E-state index in [-0.39, 0.29) is 17.1 Å². The minimum absolute atomic E-state index is 0.159. The van der Waals surface area contributed by atoms with Gasteiger partial charge in [-0.05, 0) is 48.0 Å². The molecule has 2 aromatic heterocycles. The molecule has 0 radical (unpaired) electrons. The number of carbonyl (C=O) groups is 2. The second-order valence-electron chi connectivity index (χ2n) is 8.90. The number of aryl methyl sites for hydroxylation is 1. The summed E-state index contributed by atoms with van der Waals surface area (Å²) in [4.78, 5) is 28.8.